The molecule has 3 unspecified atom stereocenters. The van der Waals surface area contributed by atoms with E-state index in [0.29, 0.717) is 16.8 Å². The lowest BCUT2D eigenvalue weighted by Crippen LogP contribution is -2.61. The number of carbonyl (C=O) groups is 1. The Morgan fingerprint density at radius 2 is 1.83 bits per heavy atom. The summed E-state index contributed by atoms with van der Waals surface area (Å²) in [6, 6.07) is 17.4. The first-order valence-electron chi connectivity index (χ1n) is 11.0. The zero-order chi connectivity index (χ0) is 24.5. The number of hydrogen-bond donors (Lipinski definition) is 4. The van der Waals surface area contributed by atoms with Crippen molar-refractivity contribution in [2.45, 2.75) is 30.6 Å². The highest BCUT2D eigenvalue weighted by atomic mass is 19.1. The number of aliphatic hydroxyl groups excluding tert-OH is 3. The molecule has 1 amide bonds. The lowest BCUT2D eigenvalue weighted by atomic mass is 9.95. The first-order valence-corrected chi connectivity index (χ1v) is 11.0. The second-order valence-electron chi connectivity index (χ2n) is 8.38. The number of fused-ring (bicyclic) bond motifs is 1. The van der Waals surface area contributed by atoms with Gasteiger partial charge in [0.25, 0.3) is 5.91 Å². The molecule has 0 bridgehead atoms. The van der Waals surface area contributed by atoms with Gasteiger partial charge in [-0.2, -0.15) is 0 Å². The molecule has 180 valence electrons. The van der Waals surface area contributed by atoms with Crippen LogP contribution < -0.4 is 5.32 Å². The highest BCUT2D eigenvalue weighted by molar-refractivity contribution is 5.98. The molecular weight excluding hydrogens is 455 g/mol. The van der Waals surface area contributed by atoms with Gasteiger partial charge in [0.15, 0.2) is 6.23 Å². The van der Waals surface area contributed by atoms with Crippen molar-refractivity contribution in [1.29, 1.82) is 0 Å². The van der Waals surface area contributed by atoms with Gasteiger partial charge in [-0.05, 0) is 35.0 Å². The number of rotatable bonds is 5. The first-order chi connectivity index (χ1) is 16.9. The van der Waals surface area contributed by atoms with Gasteiger partial charge in [-0.15, -0.1) is 5.10 Å². The molecule has 5 rings (SSSR count). The summed E-state index contributed by atoms with van der Waals surface area (Å²) in [6.45, 7) is -0.557. The second-order valence-corrected chi connectivity index (χ2v) is 8.38. The maximum Gasteiger partial charge on any atom is 0.253 e. The number of nitrogens with one attached hydrogen (secondary N) is 1. The molecule has 1 saturated heterocycles. The number of benzene rings is 3. The van der Waals surface area contributed by atoms with Crippen molar-refractivity contribution in [2.24, 2.45) is 0 Å². The smallest absolute Gasteiger partial charge is 0.253 e. The molecule has 1 aliphatic rings. The molecule has 1 aliphatic heterocycles. The fourth-order valence-corrected chi connectivity index (χ4v) is 4.28. The molecule has 35 heavy (non-hydrogen) atoms. The number of carbonyl (C=O) groups excluding carboxylic acids is 1. The quantitative estimate of drug-likeness (QED) is 0.343. The Balaban J connectivity index is 1.40. The van der Waals surface area contributed by atoms with Crippen LogP contribution in [0.4, 0.5) is 4.39 Å². The van der Waals surface area contributed by atoms with Gasteiger partial charge in [0, 0.05) is 11.1 Å². The Morgan fingerprint density at radius 1 is 1.03 bits per heavy atom. The van der Waals surface area contributed by atoms with Crippen molar-refractivity contribution < 1.29 is 29.2 Å². The number of amides is 1. The molecule has 10 heteroatoms. The van der Waals surface area contributed by atoms with Gasteiger partial charge in [0.2, 0.25) is 0 Å². The molecule has 0 spiro atoms. The fraction of sp³-hybridized carbons (Fsp3) is 0.240. The maximum atomic E-state index is 13.6. The molecule has 5 atom stereocenters. The predicted molar refractivity (Wildman–Crippen MR) is 124 cm³/mol. The van der Waals surface area contributed by atoms with Crippen LogP contribution in [-0.2, 0) is 4.74 Å². The predicted octanol–water partition coefficient (Wildman–Crippen LogP) is 1.65. The van der Waals surface area contributed by atoms with E-state index in [4.69, 9.17) is 4.74 Å². The van der Waals surface area contributed by atoms with E-state index in [-0.39, 0.29) is 0 Å². The number of ether oxygens (including phenoxy) is 1. The Kier molecular flexibility index (Phi) is 6.27. The summed E-state index contributed by atoms with van der Waals surface area (Å²) in [5, 5.41) is 44.0. The molecule has 1 aromatic heterocycles. The molecule has 3 aromatic carbocycles. The summed E-state index contributed by atoms with van der Waals surface area (Å²) < 4.78 is 20.5. The van der Waals surface area contributed by atoms with Gasteiger partial charge in [-0.3, -0.25) is 4.79 Å². The van der Waals surface area contributed by atoms with Gasteiger partial charge in [0.05, 0.1) is 12.8 Å². The molecule has 0 saturated carbocycles. The summed E-state index contributed by atoms with van der Waals surface area (Å²) in [6.07, 6.45) is -3.69. The summed E-state index contributed by atoms with van der Waals surface area (Å²) in [7, 11) is 0. The van der Waals surface area contributed by atoms with Crippen molar-refractivity contribution >= 4 is 16.7 Å². The normalized spacial score (nSPS) is 24.4. The van der Waals surface area contributed by atoms with E-state index in [2.05, 4.69) is 15.6 Å². The Morgan fingerprint density at radius 3 is 2.60 bits per heavy atom. The summed E-state index contributed by atoms with van der Waals surface area (Å²) in [5.74, 6) is -0.939. The number of aromatic nitrogens is 3. The van der Waals surface area contributed by atoms with Crippen LogP contribution in [0.2, 0.25) is 0 Å². The number of hydrogen-bond acceptors (Lipinski definition) is 7. The Hall–Kier alpha value is -3.70. The zero-order valence-electron chi connectivity index (χ0n) is 18.4. The van der Waals surface area contributed by atoms with Crippen molar-refractivity contribution in [3.05, 3.63) is 84.3 Å². The van der Waals surface area contributed by atoms with Crippen molar-refractivity contribution in [3.63, 3.8) is 0 Å². The minimum atomic E-state index is -1.43. The third kappa shape index (κ3) is 4.52. The average Bonchev–Trinajstić information content (AvgIpc) is 3.35. The molecule has 4 N–H and O–H groups in total. The molecule has 2 heterocycles. The van der Waals surface area contributed by atoms with Crippen molar-refractivity contribution in [2.75, 3.05) is 6.61 Å². The summed E-state index contributed by atoms with van der Waals surface area (Å²) >= 11 is 0. The number of halogens is 1. The largest absolute Gasteiger partial charge is 0.394 e. The molecule has 0 radical (unpaired) electrons. The van der Waals surface area contributed by atoms with Crippen LogP contribution in [0, 0.1) is 5.82 Å². The van der Waals surface area contributed by atoms with Gasteiger partial charge in [0.1, 0.15) is 35.9 Å². The maximum absolute atomic E-state index is 13.6. The highest BCUT2D eigenvalue weighted by Crippen LogP contribution is 2.30. The van der Waals surface area contributed by atoms with Crippen LogP contribution in [0.3, 0.4) is 0 Å². The SMILES string of the molecule is O=C(N[C@@H]1OC(CO)[C@H](O)C(n2cc(-c3cccc(F)c3)nn2)C1O)c1ccc2ccccc2c1. The van der Waals surface area contributed by atoms with Crippen molar-refractivity contribution in [1.82, 2.24) is 20.3 Å². The molecule has 0 aliphatic carbocycles. The van der Waals surface area contributed by atoms with Gasteiger partial charge < -0.3 is 25.4 Å². The Bertz CT molecular complexity index is 1360. The van der Waals surface area contributed by atoms with E-state index in [1.807, 2.05) is 30.3 Å². The standard InChI is InChI=1S/C25H23FN4O5/c26-18-7-3-6-16(11-18)19-12-30(29-28-19)21-22(32)20(13-31)35-25(23(21)33)27-24(34)17-9-8-14-4-1-2-5-15(14)10-17/h1-12,20-23,25,31-33H,13H2,(H,27,34)/t20?,21?,22-,23?,25+/m0/s1. The lowest BCUT2D eigenvalue weighted by molar-refractivity contribution is -0.210. The van der Waals surface area contributed by atoms with Crippen LogP contribution >= 0.6 is 0 Å². The Labute approximate surface area is 199 Å². The van der Waals surface area contributed by atoms with E-state index in [1.54, 1.807) is 18.2 Å². The van der Waals surface area contributed by atoms with Crippen molar-refractivity contribution in [3.8, 4) is 11.3 Å². The van der Waals surface area contributed by atoms with Gasteiger partial charge in [-0.1, -0.05) is 47.7 Å². The minimum Gasteiger partial charge on any atom is -0.394 e. The van der Waals surface area contributed by atoms with Gasteiger partial charge >= 0.3 is 0 Å². The zero-order valence-corrected chi connectivity index (χ0v) is 18.4. The number of aliphatic hydroxyl groups is 3. The van der Waals surface area contributed by atoms with E-state index >= 15 is 0 Å². The summed E-state index contributed by atoms with van der Waals surface area (Å²) in [5.41, 5.74) is 1.15. The van der Waals surface area contributed by atoms with Crippen LogP contribution in [0.1, 0.15) is 16.4 Å². The summed E-state index contributed by atoms with van der Waals surface area (Å²) in [4.78, 5) is 12.9. The van der Waals surface area contributed by atoms with Crippen LogP contribution in [-0.4, -0.2) is 67.4 Å². The topological polar surface area (TPSA) is 130 Å². The molecule has 9 nitrogen and oxygen atoms in total. The third-order valence-electron chi connectivity index (χ3n) is 6.11. The average molecular weight is 478 g/mol. The molecular formula is C25H23FN4O5. The second kappa shape index (κ2) is 9.51. The number of nitrogens with zero attached hydrogens (tertiary/aromatic N) is 3. The van der Waals surface area contributed by atoms with Gasteiger partial charge in [-0.25, -0.2) is 9.07 Å². The van der Waals surface area contributed by atoms with Crippen LogP contribution in [0.5, 0.6) is 0 Å². The van der Waals surface area contributed by atoms with E-state index in [9.17, 15) is 24.5 Å². The van der Waals surface area contributed by atoms with Crippen LogP contribution in [0.15, 0.2) is 72.9 Å². The minimum absolute atomic E-state index is 0.327. The highest BCUT2D eigenvalue weighted by Gasteiger charge is 2.46. The van der Waals surface area contributed by atoms with E-state index in [1.165, 1.54) is 29.1 Å². The monoisotopic (exact) mass is 478 g/mol. The molecule has 4 aromatic rings. The van der Waals surface area contributed by atoms with Crippen LogP contribution in [0.25, 0.3) is 22.0 Å². The lowest BCUT2D eigenvalue weighted by Gasteiger charge is -2.42. The van der Waals surface area contributed by atoms with E-state index < -0.39 is 48.9 Å². The fourth-order valence-electron chi connectivity index (χ4n) is 4.28. The third-order valence-corrected chi connectivity index (χ3v) is 6.11. The molecule has 1 fully saturated rings. The first kappa shape index (κ1) is 23.1. The van der Waals surface area contributed by atoms with E-state index in [0.717, 1.165) is 10.8 Å².